The summed E-state index contributed by atoms with van der Waals surface area (Å²) < 4.78 is 1.35. The lowest BCUT2D eigenvalue weighted by Gasteiger charge is -2.35. The van der Waals surface area contributed by atoms with Gasteiger partial charge < -0.3 is 10.2 Å². The number of thiophene rings is 1. The van der Waals surface area contributed by atoms with Crippen LogP contribution in [0, 0.1) is 6.92 Å². The molecule has 1 aromatic carbocycles. The van der Waals surface area contributed by atoms with Crippen molar-refractivity contribution in [3.05, 3.63) is 40.8 Å². The Morgan fingerprint density at radius 2 is 2.15 bits per heavy atom. The second kappa shape index (κ2) is 4.94. The van der Waals surface area contributed by atoms with Crippen LogP contribution in [0.3, 0.4) is 0 Å². The molecule has 1 aliphatic heterocycles. The van der Waals surface area contributed by atoms with Crippen LogP contribution < -0.4 is 5.32 Å². The summed E-state index contributed by atoms with van der Waals surface area (Å²) in [4.78, 5) is 6.53. The highest BCUT2D eigenvalue weighted by atomic mass is 32.1. The van der Waals surface area contributed by atoms with Crippen LogP contribution in [0.25, 0.3) is 15.8 Å². The van der Waals surface area contributed by atoms with Crippen molar-refractivity contribution < 1.29 is 0 Å². The van der Waals surface area contributed by atoms with Gasteiger partial charge in [-0.05, 0) is 47.9 Å². The minimum Gasteiger partial charge on any atom is -0.354 e. The van der Waals surface area contributed by atoms with Gasteiger partial charge in [0, 0.05) is 30.6 Å². The average molecular weight is 285 g/mol. The summed E-state index contributed by atoms with van der Waals surface area (Å²) in [5.74, 6) is 0.938. The highest BCUT2D eigenvalue weighted by molar-refractivity contribution is 7.17. The van der Waals surface area contributed by atoms with E-state index < -0.39 is 0 Å². The zero-order chi connectivity index (χ0) is 14.3. The minimum atomic E-state index is 0.243. The molecule has 0 saturated carbocycles. The van der Waals surface area contributed by atoms with E-state index in [4.69, 9.17) is 0 Å². The zero-order valence-corrected chi connectivity index (χ0v) is 13.1. The molecule has 1 atom stereocenters. The lowest BCUT2D eigenvalue weighted by molar-refractivity contribution is 0.344. The number of rotatable bonds is 1. The summed E-state index contributed by atoms with van der Waals surface area (Å²) >= 11 is 1.81. The summed E-state index contributed by atoms with van der Waals surface area (Å²) in [5.41, 5.74) is 3.81. The van der Waals surface area contributed by atoms with Gasteiger partial charge in [-0.3, -0.25) is 4.99 Å². The molecule has 20 heavy (non-hydrogen) atoms. The molecule has 2 heterocycles. The molecule has 1 aromatic heterocycles. The Morgan fingerprint density at radius 1 is 1.35 bits per heavy atom. The second-order valence-corrected chi connectivity index (χ2v) is 6.11. The van der Waals surface area contributed by atoms with Gasteiger partial charge >= 0.3 is 0 Å². The van der Waals surface area contributed by atoms with Crippen LogP contribution in [0.5, 0.6) is 0 Å². The van der Waals surface area contributed by atoms with Crippen LogP contribution in [0.1, 0.15) is 18.1 Å². The van der Waals surface area contributed by atoms with Gasteiger partial charge in [0.2, 0.25) is 0 Å². The van der Waals surface area contributed by atoms with E-state index >= 15 is 0 Å². The number of aryl methyl sites for hydroxylation is 1. The van der Waals surface area contributed by atoms with Crippen molar-refractivity contribution >= 4 is 33.0 Å². The van der Waals surface area contributed by atoms with Crippen molar-refractivity contribution in [1.29, 1.82) is 0 Å². The fourth-order valence-corrected chi connectivity index (χ4v) is 3.45. The third kappa shape index (κ3) is 2.10. The van der Waals surface area contributed by atoms with Crippen molar-refractivity contribution in [3.8, 4) is 0 Å². The first-order valence-corrected chi connectivity index (χ1v) is 7.64. The Balaban J connectivity index is 2.13. The number of nitrogens with one attached hydrogen (secondary N) is 1. The molecule has 4 heteroatoms. The highest BCUT2D eigenvalue weighted by Crippen LogP contribution is 2.30. The van der Waals surface area contributed by atoms with E-state index in [2.05, 4.69) is 65.8 Å². The van der Waals surface area contributed by atoms with Gasteiger partial charge in [0.1, 0.15) is 5.84 Å². The van der Waals surface area contributed by atoms with Crippen LogP contribution >= 0.6 is 11.3 Å². The molecule has 0 aliphatic carbocycles. The molecule has 0 spiro atoms. The summed E-state index contributed by atoms with van der Waals surface area (Å²) in [6.45, 7) is 4.32. The summed E-state index contributed by atoms with van der Waals surface area (Å²) in [6, 6.07) is 6.70. The fraction of sp³-hybridized carbons (Fsp3) is 0.312. The van der Waals surface area contributed by atoms with Gasteiger partial charge in [-0.25, -0.2) is 0 Å². The minimum absolute atomic E-state index is 0.243. The van der Waals surface area contributed by atoms with Crippen molar-refractivity contribution in [2.75, 3.05) is 14.1 Å². The SMILES string of the molecule is CN=C1C=C(c2ccc3scc(C)c3c2)N(C)C(C)N1. The molecular weight excluding hydrogens is 266 g/mol. The number of aliphatic imine (C=N–C) groups is 1. The summed E-state index contributed by atoms with van der Waals surface area (Å²) in [7, 11) is 3.93. The average Bonchev–Trinajstić information content (AvgIpc) is 2.83. The molecule has 1 aliphatic rings. The number of fused-ring (bicyclic) bond motifs is 1. The molecule has 0 amide bonds. The quantitative estimate of drug-likeness (QED) is 0.869. The van der Waals surface area contributed by atoms with Gasteiger partial charge in [-0.15, -0.1) is 11.3 Å². The van der Waals surface area contributed by atoms with E-state index in [1.165, 1.54) is 26.9 Å². The Bertz CT molecular complexity index is 712. The lowest BCUT2D eigenvalue weighted by atomic mass is 10.0. The van der Waals surface area contributed by atoms with Crippen LogP contribution in [-0.4, -0.2) is 31.0 Å². The first kappa shape index (κ1) is 13.2. The maximum atomic E-state index is 4.28. The predicted octanol–water partition coefficient (Wildman–Crippen LogP) is 3.46. The lowest BCUT2D eigenvalue weighted by Crippen LogP contribution is -2.46. The van der Waals surface area contributed by atoms with Gasteiger partial charge in [-0.1, -0.05) is 6.07 Å². The van der Waals surface area contributed by atoms with Crippen molar-refractivity contribution in [2.24, 2.45) is 4.99 Å². The van der Waals surface area contributed by atoms with E-state index in [9.17, 15) is 0 Å². The Hall–Kier alpha value is -1.81. The first-order chi connectivity index (χ1) is 9.60. The topological polar surface area (TPSA) is 27.6 Å². The number of hydrogen-bond acceptors (Lipinski definition) is 3. The summed E-state index contributed by atoms with van der Waals surface area (Å²) in [6.07, 6.45) is 2.36. The van der Waals surface area contributed by atoms with Crippen LogP contribution in [-0.2, 0) is 0 Å². The van der Waals surface area contributed by atoms with Crippen LogP contribution in [0.2, 0.25) is 0 Å². The number of hydrogen-bond donors (Lipinski definition) is 1. The van der Waals surface area contributed by atoms with Crippen molar-refractivity contribution in [3.63, 3.8) is 0 Å². The van der Waals surface area contributed by atoms with E-state index in [0.29, 0.717) is 0 Å². The Labute approximate surface area is 123 Å². The highest BCUT2D eigenvalue weighted by Gasteiger charge is 2.20. The number of benzene rings is 1. The van der Waals surface area contributed by atoms with E-state index in [1.807, 2.05) is 7.05 Å². The van der Waals surface area contributed by atoms with E-state index in [-0.39, 0.29) is 6.17 Å². The largest absolute Gasteiger partial charge is 0.354 e. The van der Waals surface area contributed by atoms with Gasteiger partial charge in [-0.2, -0.15) is 0 Å². The molecule has 0 radical (unpaired) electrons. The second-order valence-electron chi connectivity index (χ2n) is 5.20. The molecule has 0 fully saturated rings. The Kier molecular flexibility index (Phi) is 3.26. The standard InChI is InChI=1S/C16H19N3S/c1-10-9-20-15-6-5-12(7-13(10)15)14-8-16(17-3)18-11(2)19(14)4/h5-9,11H,1-4H3,(H,17,18). The number of amidine groups is 1. The fourth-order valence-electron chi connectivity index (χ4n) is 2.52. The van der Waals surface area contributed by atoms with Crippen LogP contribution in [0.4, 0.5) is 0 Å². The summed E-state index contributed by atoms with van der Waals surface area (Å²) in [5, 5.41) is 6.93. The monoisotopic (exact) mass is 285 g/mol. The van der Waals surface area contributed by atoms with Gasteiger partial charge in [0.05, 0.1) is 6.17 Å². The van der Waals surface area contributed by atoms with Gasteiger partial charge in [0.15, 0.2) is 0 Å². The maximum absolute atomic E-state index is 4.28. The third-order valence-electron chi connectivity index (χ3n) is 3.89. The first-order valence-electron chi connectivity index (χ1n) is 6.76. The number of nitrogens with zero attached hydrogens (tertiary/aromatic N) is 2. The Morgan fingerprint density at radius 3 is 2.90 bits per heavy atom. The normalized spacial score (nSPS) is 21.2. The van der Waals surface area contributed by atoms with E-state index in [1.54, 1.807) is 11.3 Å². The molecule has 1 N–H and O–H groups in total. The molecule has 3 nitrogen and oxygen atoms in total. The molecule has 2 aromatic rings. The predicted molar refractivity (Wildman–Crippen MR) is 88.3 cm³/mol. The molecule has 1 unspecified atom stereocenters. The van der Waals surface area contributed by atoms with Gasteiger partial charge in [0.25, 0.3) is 0 Å². The molecule has 104 valence electrons. The van der Waals surface area contributed by atoms with E-state index in [0.717, 1.165) is 5.84 Å². The molecular formula is C16H19N3S. The maximum Gasteiger partial charge on any atom is 0.124 e. The molecule has 0 saturated heterocycles. The molecule has 0 bridgehead atoms. The van der Waals surface area contributed by atoms with Crippen molar-refractivity contribution in [1.82, 2.24) is 10.2 Å². The van der Waals surface area contributed by atoms with Crippen molar-refractivity contribution in [2.45, 2.75) is 20.0 Å². The zero-order valence-electron chi connectivity index (χ0n) is 12.3. The van der Waals surface area contributed by atoms with Crippen LogP contribution in [0.15, 0.2) is 34.6 Å². The third-order valence-corrected chi connectivity index (χ3v) is 4.98. The molecule has 3 rings (SSSR count). The smallest absolute Gasteiger partial charge is 0.124 e.